The van der Waals surface area contributed by atoms with Crippen LogP contribution < -0.4 is 0 Å². The van der Waals surface area contributed by atoms with Crippen molar-refractivity contribution >= 4 is 37.5 Å². The number of rotatable bonds is 6. The van der Waals surface area contributed by atoms with E-state index < -0.39 is 0 Å². The van der Waals surface area contributed by atoms with E-state index in [4.69, 9.17) is 0 Å². The van der Waals surface area contributed by atoms with Crippen LogP contribution in [0.25, 0.3) is 0 Å². The number of non-ortho nitro benzene ring substituents is 1. The zero-order valence-electron chi connectivity index (χ0n) is 11.3. The molecule has 6 heteroatoms. The highest BCUT2D eigenvalue weighted by Crippen LogP contribution is 2.16. The van der Waals surface area contributed by atoms with Crippen molar-refractivity contribution in [3.05, 3.63) is 69.0 Å². The SMILES string of the molecule is O=[N+]([O-])c1ccc(CCc2cc(CBr)nc(CBr)c2)cc1. The molecular weight excluding hydrogens is 400 g/mol. The van der Waals surface area contributed by atoms with E-state index in [0.29, 0.717) is 0 Å². The van der Waals surface area contributed by atoms with Gasteiger partial charge in [-0.15, -0.1) is 0 Å². The predicted octanol–water partition coefficient (Wildman–Crippen LogP) is 4.56. The predicted molar refractivity (Wildman–Crippen MR) is 90.0 cm³/mol. The zero-order chi connectivity index (χ0) is 15.2. The van der Waals surface area contributed by atoms with Gasteiger partial charge in [0.2, 0.25) is 0 Å². The lowest BCUT2D eigenvalue weighted by Crippen LogP contribution is -1.98. The second-order valence-corrected chi connectivity index (χ2v) is 5.77. The van der Waals surface area contributed by atoms with Crippen molar-refractivity contribution in [3.8, 4) is 0 Å². The van der Waals surface area contributed by atoms with E-state index in [1.807, 2.05) is 12.1 Å². The Morgan fingerprint density at radius 3 is 1.95 bits per heavy atom. The fourth-order valence-electron chi connectivity index (χ4n) is 2.07. The lowest BCUT2D eigenvalue weighted by Gasteiger charge is -2.06. The minimum atomic E-state index is -0.378. The summed E-state index contributed by atoms with van der Waals surface area (Å²) in [7, 11) is 0. The van der Waals surface area contributed by atoms with Crippen molar-refractivity contribution in [2.75, 3.05) is 0 Å². The number of pyridine rings is 1. The molecule has 0 saturated carbocycles. The molecule has 0 saturated heterocycles. The first kappa shape index (κ1) is 16.1. The average Bonchev–Trinajstić information content (AvgIpc) is 2.52. The first-order valence-electron chi connectivity index (χ1n) is 6.46. The van der Waals surface area contributed by atoms with Gasteiger partial charge in [-0.05, 0) is 36.1 Å². The Kier molecular flexibility index (Phi) is 5.87. The van der Waals surface area contributed by atoms with Gasteiger partial charge in [-0.1, -0.05) is 44.0 Å². The summed E-state index contributed by atoms with van der Waals surface area (Å²) in [6.07, 6.45) is 1.74. The zero-order valence-corrected chi connectivity index (χ0v) is 14.4. The molecule has 0 fully saturated rings. The van der Waals surface area contributed by atoms with Crippen molar-refractivity contribution in [1.82, 2.24) is 4.98 Å². The lowest BCUT2D eigenvalue weighted by atomic mass is 10.0. The molecule has 1 heterocycles. The summed E-state index contributed by atoms with van der Waals surface area (Å²) in [5, 5.41) is 12.1. The maximum absolute atomic E-state index is 10.6. The summed E-state index contributed by atoms with van der Waals surface area (Å²) in [6, 6.07) is 10.9. The molecule has 0 aliphatic heterocycles. The molecule has 1 aromatic heterocycles. The summed E-state index contributed by atoms with van der Waals surface area (Å²) >= 11 is 6.86. The van der Waals surface area contributed by atoms with Gasteiger partial charge in [-0.2, -0.15) is 0 Å². The van der Waals surface area contributed by atoms with Gasteiger partial charge in [-0.3, -0.25) is 15.1 Å². The van der Waals surface area contributed by atoms with Crippen LogP contribution in [0.5, 0.6) is 0 Å². The number of nitro benzene ring substituents is 1. The molecule has 0 spiro atoms. The van der Waals surface area contributed by atoms with Gasteiger partial charge in [-0.25, -0.2) is 0 Å². The summed E-state index contributed by atoms with van der Waals surface area (Å²) in [4.78, 5) is 14.7. The molecule has 0 amide bonds. The Morgan fingerprint density at radius 1 is 0.952 bits per heavy atom. The quantitative estimate of drug-likeness (QED) is 0.396. The number of nitro groups is 1. The second kappa shape index (κ2) is 7.66. The highest BCUT2D eigenvalue weighted by Gasteiger charge is 2.05. The molecule has 110 valence electrons. The maximum atomic E-state index is 10.6. The molecule has 0 aliphatic carbocycles. The Morgan fingerprint density at radius 2 is 1.48 bits per heavy atom. The molecule has 0 unspecified atom stereocenters. The minimum Gasteiger partial charge on any atom is -0.258 e. The fraction of sp³-hybridized carbons (Fsp3) is 0.267. The van der Waals surface area contributed by atoms with Crippen LogP contribution in [-0.2, 0) is 23.5 Å². The van der Waals surface area contributed by atoms with Gasteiger partial charge < -0.3 is 0 Å². The highest BCUT2D eigenvalue weighted by molar-refractivity contribution is 9.08. The fourth-order valence-corrected chi connectivity index (χ4v) is 2.65. The van der Waals surface area contributed by atoms with Crippen LogP contribution in [0.1, 0.15) is 22.5 Å². The number of alkyl halides is 2. The Labute approximate surface area is 140 Å². The summed E-state index contributed by atoms with van der Waals surface area (Å²) in [5.41, 5.74) is 4.49. The van der Waals surface area contributed by atoms with Crippen molar-refractivity contribution in [3.63, 3.8) is 0 Å². The molecule has 0 radical (unpaired) electrons. The van der Waals surface area contributed by atoms with E-state index >= 15 is 0 Å². The van der Waals surface area contributed by atoms with Crippen LogP contribution in [0.15, 0.2) is 36.4 Å². The topological polar surface area (TPSA) is 56.0 Å². The molecular formula is C15H14Br2N2O2. The smallest absolute Gasteiger partial charge is 0.258 e. The van der Waals surface area contributed by atoms with Crippen LogP contribution in [0, 0.1) is 10.1 Å². The number of nitrogens with zero attached hydrogens (tertiary/aromatic N) is 2. The molecule has 0 N–H and O–H groups in total. The van der Waals surface area contributed by atoms with Gasteiger partial charge in [0.25, 0.3) is 5.69 Å². The normalized spacial score (nSPS) is 10.6. The molecule has 2 aromatic rings. The molecule has 0 bridgehead atoms. The van der Waals surface area contributed by atoms with Crippen molar-refractivity contribution < 1.29 is 4.92 Å². The van der Waals surface area contributed by atoms with Crippen molar-refractivity contribution in [1.29, 1.82) is 0 Å². The minimum absolute atomic E-state index is 0.130. The van der Waals surface area contributed by atoms with Gasteiger partial charge in [0, 0.05) is 22.8 Å². The number of hydrogen-bond acceptors (Lipinski definition) is 3. The second-order valence-electron chi connectivity index (χ2n) is 4.65. The third kappa shape index (κ3) is 4.61. The Balaban J connectivity index is 2.06. The molecule has 1 aromatic carbocycles. The monoisotopic (exact) mass is 412 g/mol. The van der Waals surface area contributed by atoms with E-state index in [9.17, 15) is 10.1 Å². The average molecular weight is 414 g/mol. The molecule has 4 nitrogen and oxygen atoms in total. The molecule has 2 rings (SSSR count). The number of aromatic nitrogens is 1. The Bertz CT molecular complexity index is 608. The first-order valence-corrected chi connectivity index (χ1v) is 8.70. The van der Waals surface area contributed by atoms with Gasteiger partial charge in [0.05, 0.1) is 16.3 Å². The van der Waals surface area contributed by atoms with Crippen molar-refractivity contribution in [2.24, 2.45) is 0 Å². The lowest BCUT2D eigenvalue weighted by molar-refractivity contribution is -0.384. The largest absolute Gasteiger partial charge is 0.269 e. The standard InChI is InChI=1S/C15H14Br2N2O2/c16-9-13-7-12(8-14(10-17)18-13)2-1-11-3-5-15(6-4-11)19(20)21/h3-8H,1-2,9-10H2. The molecule has 21 heavy (non-hydrogen) atoms. The number of benzene rings is 1. The summed E-state index contributed by atoms with van der Waals surface area (Å²) in [6.45, 7) is 0. The number of halogens is 2. The van der Waals surface area contributed by atoms with E-state index in [2.05, 4.69) is 49.0 Å². The van der Waals surface area contributed by atoms with E-state index in [1.165, 1.54) is 5.56 Å². The Hall–Kier alpha value is -1.27. The molecule has 0 aliphatic rings. The van der Waals surface area contributed by atoms with Crippen LogP contribution in [-0.4, -0.2) is 9.91 Å². The van der Waals surface area contributed by atoms with E-state index in [0.717, 1.165) is 40.5 Å². The van der Waals surface area contributed by atoms with Crippen molar-refractivity contribution in [2.45, 2.75) is 23.5 Å². The summed E-state index contributed by atoms with van der Waals surface area (Å²) < 4.78 is 0. The highest BCUT2D eigenvalue weighted by atomic mass is 79.9. The maximum Gasteiger partial charge on any atom is 0.269 e. The van der Waals surface area contributed by atoms with Gasteiger partial charge >= 0.3 is 0 Å². The third-order valence-corrected chi connectivity index (χ3v) is 4.26. The first-order chi connectivity index (χ1) is 10.1. The van der Waals surface area contributed by atoms with Crippen LogP contribution >= 0.6 is 31.9 Å². The number of hydrogen-bond donors (Lipinski definition) is 0. The third-order valence-electron chi connectivity index (χ3n) is 3.11. The van der Waals surface area contributed by atoms with E-state index in [-0.39, 0.29) is 10.6 Å². The molecule has 0 atom stereocenters. The van der Waals surface area contributed by atoms with Crippen LogP contribution in [0.3, 0.4) is 0 Å². The van der Waals surface area contributed by atoms with E-state index in [1.54, 1.807) is 12.1 Å². The summed E-state index contributed by atoms with van der Waals surface area (Å²) in [5.74, 6) is 0. The van der Waals surface area contributed by atoms with Gasteiger partial charge in [0.15, 0.2) is 0 Å². The van der Waals surface area contributed by atoms with Gasteiger partial charge in [0.1, 0.15) is 0 Å². The number of aryl methyl sites for hydroxylation is 2. The van der Waals surface area contributed by atoms with Crippen LogP contribution in [0.4, 0.5) is 5.69 Å². The van der Waals surface area contributed by atoms with Crippen LogP contribution in [0.2, 0.25) is 0 Å².